The average Bonchev–Trinajstić information content (AvgIpc) is 2.28. The fourth-order valence-electron chi connectivity index (χ4n) is 1.32. The maximum absolute atomic E-state index is 11.9. The van der Waals surface area contributed by atoms with E-state index in [1.165, 1.54) is 17.8 Å². The first-order valence-corrected chi connectivity index (χ1v) is 8.54. The molecule has 3 N–H and O–H groups in total. The fourth-order valence-corrected chi connectivity index (χ4v) is 3.33. The summed E-state index contributed by atoms with van der Waals surface area (Å²) < 4.78 is 26.4. The van der Waals surface area contributed by atoms with Crippen molar-refractivity contribution in [3.05, 3.63) is 23.2 Å². The summed E-state index contributed by atoms with van der Waals surface area (Å²) in [6.07, 6.45) is 2.48. The van der Waals surface area contributed by atoms with Crippen molar-refractivity contribution >= 4 is 33.4 Å². The molecule has 0 fully saturated rings. The molecule has 0 aliphatic rings. The normalized spacial score (nSPS) is 13.6. The van der Waals surface area contributed by atoms with Gasteiger partial charge in [-0.05, 0) is 37.8 Å². The van der Waals surface area contributed by atoms with Gasteiger partial charge in [0.25, 0.3) is 0 Å². The quantitative estimate of drug-likeness (QED) is 0.789. The minimum absolute atomic E-state index is 0.0323. The number of hydrogen-bond donors (Lipinski definition) is 2. The Balaban J connectivity index is 2.82. The van der Waals surface area contributed by atoms with Crippen LogP contribution in [0.5, 0.6) is 0 Å². The zero-order valence-corrected chi connectivity index (χ0v) is 12.7. The van der Waals surface area contributed by atoms with Crippen molar-refractivity contribution in [1.82, 2.24) is 4.72 Å². The van der Waals surface area contributed by atoms with Gasteiger partial charge in [0.1, 0.15) is 0 Å². The third-order valence-corrected chi connectivity index (χ3v) is 5.00. The Bertz CT molecular complexity index is 504. The number of rotatable bonds is 6. The molecule has 1 unspecified atom stereocenters. The van der Waals surface area contributed by atoms with Crippen molar-refractivity contribution < 1.29 is 8.42 Å². The zero-order valence-electron chi connectivity index (χ0n) is 10.3. The van der Waals surface area contributed by atoms with Crippen molar-refractivity contribution in [2.24, 2.45) is 5.73 Å². The highest BCUT2D eigenvalue weighted by Crippen LogP contribution is 2.27. The second-order valence-electron chi connectivity index (χ2n) is 3.96. The van der Waals surface area contributed by atoms with Crippen LogP contribution in [0, 0.1) is 0 Å². The van der Waals surface area contributed by atoms with Gasteiger partial charge in [0.15, 0.2) is 0 Å². The molecule has 1 rings (SSSR count). The third-order valence-electron chi connectivity index (χ3n) is 2.33. The molecule has 1 aromatic rings. The van der Waals surface area contributed by atoms with Crippen LogP contribution in [0.3, 0.4) is 0 Å². The van der Waals surface area contributed by atoms with E-state index in [0.717, 1.165) is 4.90 Å². The highest BCUT2D eigenvalue weighted by Gasteiger charge is 2.15. The molecule has 1 aromatic carbocycles. The number of benzene rings is 1. The number of nitrogens with two attached hydrogens (primary N) is 1. The molecule has 0 saturated heterocycles. The first kappa shape index (κ1) is 15.8. The first-order chi connectivity index (χ1) is 8.36. The van der Waals surface area contributed by atoms with E-state index in [2.05, 4.69) is 4.72 Å². The third kappa shape index (κ3) is 4.44. The lowest BCUT2D eigenvalue weighted by molar-refractivity contribution is 0.571. The molecular weight excluding hydrogens is 292 g/mol. The number of halogens is 1. The van der Waals surface area contributed by atoms with Crippen LogP contribution in [0.1, 0.15) is 13.3 Å². The molecule has 0 spiro atoms. The molecule has 0 aliphatic heterocycles. The molecule has 0 bridgehead atoms. The molecule has 4 nitrogen and oxygen atoms in total. The molecule has 0 amide bonds. The fraction of sp³-hybridized carbons (Fsp3) is 0.455. The van der Waals surface area contributed by atoms with Gasteiger partial charge in [-0.2, -0.15) is 0 Å². The highest BCUT2D eigenvalue weighted by molar-refractivity contribution is 7.98. The number of hydrogen-bond acceptors (Lipinski definition) is 4. The molecule has 18 heavy (non-hydrogen) atoms. The summed E-state index contributed by atoms with van der Waals surface area (Å²) in [5.74, 6) is 0. The van der Waals surface area contributed by atoms with Crippen LogP contribution in [-0.2, 0) is 10.0 Å². The van der Waals surface area contributed by atoms with Crippen molar-refractivity contribution in [2.45, 2.75) is 29.2 Å². The SMILES string of the molecule is CSc1ccc(S(=O)(=O)NCCC(C)N)cc1Cl. The predicted molar refractivity (Wildman–Crippen MR) is 76.7 cm³/mol. The minimum Gasteiger partial charge on any atom is -0.328 e. The first-order valence-electron chi connectivity index (χ1n) is 5.45. The van der Waals surface area contributed by atoms with Crippen molar-refractivity contribution in [1.29, 1.82) is 0 Å². The summed E-state index contributed by atoms with van der Waals surface area (Å²) in [6, 6.07) is 4.68. The van der Waals surface area contributed by atoms with Crippen molar-refractivity contribution in [3.8, 4) is 0 Å². The zero-order chi connectivity index (χ0) is 13.8. The largest absolute Gasteiger partial charge is 0.328 e. The van der Waals surface area contributed by atoms with Crippen LogP contribution in [-0.4, -0.2) is 27.3 Å². The molecule has 1 atom stereocenters. The van der Waals surface area contributed by atoms with Gasteiger partial charge >= 0.3 is 0 Å². The standard InChI is InChI=1S/C11H17ClN2O2S2/c1-8(13)5-6-14-18(15,16)9-3-4-11(17-2)10(12)7-9/h3-4,7-8,14H,5-6,13H2,1-2H3. The highest BCUT2D eigenvalue weighted by atomic mass is 35.5. The number of thioether (sulfide) groups is 1. The Hall–Kier alpha value is -0.270. The Morgan fingerprint density at radius 1 is 1.50 bits per heavy atom. The van der Waals surface area contributed by atoms with Gasteiger partial charge in [0.05, 0.1) is 9.92 Å². The van der Waals surface area contributed by atoms with E-state index in [4.69, 9.17) is 17.3 Å². The second kappa shape index (κ2) is 6.77. The molecule has 0 aromatic heterocycles. The number of sulfonamides is 1. The van der Waals surface area contributed by atoms with Gasteiger partial charge in [-0.3, -0.25) is 0 Å². The monoisotopic (exact) mass is 308 g/mol. The lowest BCUT2D eigenvalue weighted by Crippen LogP contribution is -2.29. The Kier molecular flexibility index (Phi) is 5.94. The minimum atomic E-state index is -3.50. The topological polar surface area (TPSA) is 72.2 Å². The molecule has 0 aliphatic carbocycles. The Morgan fingerprint density at radius 2 is 2.17 bits per heavy atom. The lowest BCUT2D eigenvalue weighted by Gasteiger charge is -2.09. The Morgan fingerprint density at radius 3 is 2.67 bits per heavy atom. The van der Waals surface area contributed by atoms with Gasteiger partial charge in [0.2, 0.25) is 10.0 Å². The van der Waals surface area contributed by atoms with Crippen LogP contribution in [0.4, 0.5) is 0 Å². The molecule has 0 saturated carbocycles. The predicted octanol–water partition coefficient (Wildman–Crippen LogP) is 2.08. The van der Waals surface area contributed by atoms with Crippen LogP contribution in [0.2, 0.25) is 5.02 Å². The van der Waals surface area contributed by atoms with E-state index in [1.54, 1.807) is 12.1 Å². The van der Waals surface area contributed by atoms with Crippen molar-refractivity contribution in [3.63, 3.8) is 0 Å². The molecule has 0 heterocycles. The van der Waals surface area contributed by atoms with Crippen LogP contribution < -0.4 is 10.5 Å². The summed E-state index contributed by atoms with van der Waals surface area (Å²) in [5.41, 5.74) is 5.56. The molecule has 102 valence electrons. The van der Waals surface area contributed by atoms with E-state index < -0.39 is 10.0 Å². The summed E-state index contributed by atoms with van der Waals surface area (Å²) in [4.78, 5) is 1.03. The van der Waals surface area contributed by atoms with Gasteiger partial charge in [-0.25, -0.2) is 13.1 Å². The maximum Gasteiger partial charge on any atom is 0.240 e. The summed E-state index contributed by atoms with van der Waals surface area (Å²) in [5, 5.41) is 0.442. The molecule has 7 heteroatoms. The lowest BCUT2D eigenvalue weighted by atomic mass is 10.3. The van der Waals surface area contributed by atoms with Gasteiger partial charge < -0.3 is 5.73 Å². The average molecular weight is 309 g/mol. The summed E-state index contributed by atoms with van der Waals surface area (Å²) >= 11 is 7.46. The van der Waals surface area contributed by atoms with E-state index in [0.29, 0.717) is 18.0 Å². The van der Waals surface area contributed by atoms with Crippen LogP contribution >= 0.6 is 23.4 Å². The smallest absolute Gasteiger partial charge is 0.240 e. The second-order valence-corrected chi connectivity index (χ2v) is 6.98. The Labute approximate surface area is 117 Å². The van der Waals surface area contributed by atoms with Crippen LogP contribution in [0.25, 0.3) is 0 Å². The van der Waals surface area contributed by atoms with Gasteiger partial charge in [-0.15, -0.1) is 11.8 Å². The van der Waals surface area contributed by atoms with E-state index in [-0.39, 0.29) is 10.9 Å². The summed E-state index contributed by atoms with van der Waals surface area (Å²) in [6.45, 7) is 2.15. The molecule has 0 radical (unpaired) electrons. The van der Waals surface area contributed by atoms with Gasteiger partial charge in [0, 0.05) is 17.5 Å². The van der Waals surface area contributed by atoms with E-state index >= 15 is 0 Å². The molecular formula is C11H17ClN2O2S2. The van der Waals surface area contributed by atoms with Gasteiger partial charge in [-0.1, -0.05) is 11.6 Å². The van der Waals surface area contributed by atoms with E-state index in [1.807, 2.05) is 13.2 Å². The van der Waals surface area contributed by atoms with Crippen LogP contribution in [0.15, 0.2) is 28.0 Å². The van der Waals surface area contributed by atoms with Crippen molar-refractivity contribution in [2.75, 3.05) is 12.8 Å². The maximum atomic E-state index is 11.9. The summed E-state index contributed by atoms with van der Waals surface area (Å²) in [7, 11) is -3.50. The van der Waals surface area contributed by atoms with E-state index in [9.17, 15) is 8.42 Å². The number of nitrogens with one attached hydrogen (secondary N) is 1.